The second-order valence-electron chi connectivity index (χ2n) is 4.01. The molecule has 5 heteroatoms. The normalized spacial score (nSPS) is 12.3. The lowest BCUT2D eigenvalue weighted by Crippen LogP contribution is -2.26. The number of amides is 1. The fourth-order valence-corrected chi connectivity index (χ4v) is 2.70. The number of nitrogens with one attached hydrogen (secondary N) is 1. The predicted octanol–water partition coefficient (Wildman–Crippen LogP) is 3.80. The molecule has 1 amide bonds. The monoisotopic (exact) mass is 283 g/mol. The Morgan fingerprint density at radius 1 is 1.50 bits per heavy atom. The Kier molecular flexibility index (Phi) is 4.44. The quantitative estimate of drug-likeness (QED) is 0.907. The molecule has 0 radical (unpaired) electrons. The molecule has 1 atom stereocenters. The highest BCUT2D eigenvalue weighted by atomic mass is 35.5. The molecule has 0 spiro atoms. The molecule has 2 rings (SSSR count). The summed E-state index contributed by atoms with van der Waals surface area (Å²) in [7, 11) is 0. The zero-order chi connectivity index (χ0) is 13.0. The van der Waals surface area contributed by atoms with Crippen molar-refractivity contribution in [3.8, 4) is 0 Å². The molecule has 2 aromatic heterocycles. The summed E-state index contributed by atoms with van der Waals surface area (Å²) in [6, 6.07) is 7.46. The Bertz CT molecular complexity index is 507. The molecule has 0 bridgehead atoms. The van der Waals surface area contributed by atoms with Gasteiger partial charge < -0.3 is 9.73 Å². The minimum Gasteiger partial charge on any atom is -0.469 e. The number of hydrogen-bond acceptors (Lipinski definition) is 3. The lowest BCUT2D eigenvalue weighted by molar-refractivity contribution is -0.121. The summed E-state index contributed by atoms with van der Waals surface area (Å²) >= 11 is 7.35. The molecule has 0 aliphatic heterocycles. The predicted molar refractivity (Wildman–Crippen MR) is 72.9 cm³/mol. The fourth-order valence-electron chi connectivity index (χ4n) is 1.64. The molecule has 0 aromatic carbocycles. The molecule has 0 fully saturated rings. The van der Waals surface area contributed by atoms with E-state index >= 15 is 0 Å². The Balaban J connectivity index is 1.80. The van der Waals surface area contributed by atoms with Crippen LogP contribution in [0.2, 0.25) is 4.34 Å². The van der Waals surface area contributed by atoms with E-state index in [1.54, 1.807) is 6.26 Å². The van der Waals surface area contributed by atoms with Gasteiger partial charge in [-0.15, -0.1) is 11.3 Å². The van der Waals surface area contributed by atoms with Crippen LogP contribution in [0.25, 0.3) is 0 Å². The van der Waals surface area contributed by atoms with Crippen molar-refractivity contribution in [1.82, 2.24) is 5.32 Å². The van der Waals surface area contributed by atoms with Crippen molar-refractivity contribution in [2.45, 2.75) is 25.8 Å². The third-order valence-corrected chi connectivity index (χ3v) is 3.99. The minimum atomic E-state index is -0.00778. The highest BCUT2D eigenvalue weighted by Crippen LogP contribution is 2.26. The van der Waals surface area contributed by atoms with Crippen LogP contribution in [0.5, 0.6) is 0 Å². The van der Waals surface area contributed by atoms with Crippen LogP contribution in [0.15, 0.2) is 34.9 Å². The number of furan rings is 1. The number of carbonyl (C=O) groups is 1. The van der Waals surface area contributed by atoms with E-state index in [0.29, 0.717) is 12.8 Å². The van der Waals surface area contributed by atoms with Crippen molar-refractivity contribution in [3.63, 3.8) is 0 Å². The Morgan fingerprint density at radius 2 is 2.33 bits per heavy atom. The summed E-state index contributed by atoms with van der Waals surface area (Å²) < 4.78 is 5.92. The lowest BCUT2D eigenvalue weighted by atomic mass is 10.2. The van der Waals surface area contributed by atoms with Crippen LogP contribution < -0.4 is 5.32 Å². The summed E-state index contributed by atoms with van der Waals surface area (Å²) in [4.78, 5) is 12.8. The number of hydrogen-bond donors (Lipinski definition) is 1. The first-order valence-corrected chi connectivity index (χ1v) is 6.91. The molecule has 1 unspecified atom stereocenters. The molecule has 0 aliphatic rings. The van der Waals surface area contributed by atoms with Gasteiger partial charge in [0.05, 0.1) is 16.6 Å². The van der Waals surface area contributed by atoms with E-state index in [4.69, 9.17) is 16.0 Å². The summed E-state index contributed by atoms with van der Waals surface area (Å²) in [6.07, 6.45) is 2.66. The van der Waals surface area contributed by atoms with Crippen molar-refractivity contribution in [1.29, 1.82) is 0 Å². The van der Waals surface area contributed by atoms with Crippen molar-refractivity contribution in [3.05, 3.63) is 45.5 Å². The minimum absolute atomic E-state index is 0.00778. The molecule has 3 nitrogen and oxygen atoms in total. The lowest BCUT2D eigenvalue weighted by Gasteiger charge is -2.11. The third kappa shape index (κ3) is 3.62. The summed E-state index contributed by atoms with van der Waals surface area (Å²) in [5.41, 5.74) is 0. The highest BCUT2D eigenvalue weighted by Gasteiger charge is 2.11. The summed E-state index contributed by atoms with van der Waals surface area (Å²) in [5.74, 6) is 0.848. The Hall–Kier alpha value is -1.26. The zero-order valence-corrected chi connectivity index (χ0v) is 11.6. The van der Waals surface area contributed by atoms with Gasteiger partial charge in [-0.1, -0.05) is 11.6 Å². The largest absolute Gasteiger partial charge is 0.469 e. The van der Waals surface area contributed by atoms with Gasteiger partial charge in [-0.05, 0) is 31.2 Å². The van der Waals surface area contributed by atoms with Crippen molar-refractivity contribution >= 4 is 28.8 Å². The molecule has 18 heavy (non-hydrogen) atoms. The Morgan fingerprint density at radius 3 is 2.94 bits per heavy atom. The third-order valence-electron chi connectivity index (χ3n) is 2.58. The summed E-state index contributed by atoms with van der Waals surface area (Å²) in [6.45, 7) is 1.95. The number of rotatable bonds is 5. The van der Waals surface area contributed by atoms with Gasteiger partial charge in [0.25, 0.3) is 0 Å². The molecular formula is C13H14ClNO2S. The molecule has 0 aliphatic carbocycles. The molecule has 0 saturated heterocycles. The van der Waals surface area contributed by atoms with Crippen molar-refractivity contribution < 1.29 is 9.21 Å². The Labute approximate surface area is 115 Å². The maximum Gasteiger partial charge on any atom is 0.220 e. The summed E-state index contributed by atoms with van der Waals surface area (Å²) in [5, 5.41) is 2.94. The second-order valence-corrected chi connectivity index (χ2v) is 5.76. The first-order valence-electron chi connectivity index (χ1n) is 5.72. The maximum atomic E-state index is 11.7. The van der Waals surface area contributed by atoms with Crippen molar-refractivity contribution in [2.24, 2.45) is 0 Å². The number of thiophene rings is 1. The SMILES string of the molecule is CC(NC(=O)CCc1ccco1)c1ccc(Cl)s1. The average Bonchev–Trinajstić information content (AvgIpc) is 2.97. The smallest absolute Gasteiger partial charge is 0.220 e. The van der Waals surface area contributed by atoms with E-state index in [9.17, 15) is 4.79 Å². The van der Waals surface area contributed by atoms with Gasteiger partial charge >= 0.3 is 0 Å². The van der Waals surface area contributed by atoms with E-state index in [1.165, 1.54) is 11.3 Å². The van der Waals surface area contributed by atoms with Crippen LogP contribution >= 0.6 is 22.9 Å². The van der Waals surface area contributed by atoms with Crippen LogP contribution in [0, 0.1) is 0 Å². The van der Waals surface area contributed by atoms with Gasteiger partial charge in [0.1, 0.15) is 5.76 Å². The van der Waals surface area contributed by atoms with Crippen LogP contribution in [0.4, 0.5) is 0 Å². The van der Waals surface area contributed by atoms with Gasteiger partial charge in [0.15, 0.2) is 0 Å². The second kappa shape index (κ2) is 6.07. The zero-order valence-electron chi connectivity index (χ0n) is 9.98. The fraction of sp³-hybridized carbons (Fsp3) is 0.308. The van der Waals surface area contributed by atoms with E-state index in [2.05, 4.69) is 5.32 Å². The van der Waals surface area contributed by atoms with Gasteiger partial charge in [-0.25, -0.2) is 0 Å². The van der Waals surface area contributed by atoms with E-state index in [1.807, 2.05) is 31.2 Å². The van der Waals surface area contributed by atoms with Gasteiger partial charge in [0, 0.05) is 17.7 Å². The van der Waals surface area contributed by atoms with E-state index in [-0.39, 0.29) is 11.9 Å². The van der Waals surface area contributed by atoms with Crippen LogP contribution in [0.3, 0.4) is 0 Å². The van der Waals surface area contributed by atoms with Crippen molar-refractivity contribution in [2.75, 3.05) is 0 Å². The molecule has 96 valence electrons. The van der Waals surface area contributed by atoms with E-state index < -0.39 is 0 Å². The average molecular weight is 284 g/mol. The molecule has 0 saturated carbocycles. The van der Waals surface area contributed by atoms with Gasteiger partial charge in [-0.2, -0.15) is 0 Å². The first kappa shape index (κ1) is 13.2. The van der Waals surface area contributed by atoms with Gasteiger partial charge in [-0.3, -0.25) is 4.79 Å². The van der Waals surface area contributed by atoms with E-state index in [0.717, 1.165) is 15.0 Å². The first-order chi connectivity index (χ1) is 8.65. The molecule has 2 heterocycles. The molecule has 2 aromatic rings. The topological polar surface area (TPSA) is 42.2 Å². The highest BCUT2D eigenvalue weighted by molar-refractivity contribution is 7.16. The van der Waals surface area contributed by atoms with Crippen LogP contribution in [-0.4, -0.2) is 5.91 Å². The standard InChI is InChI=1S/C13H14ClNO2S/c1-9(11-5-6-12(14)18-11)15-13(16)7-4-10-3-2-8-17-10/h2-3,5-6,8-9H,4,7H2,1H3,(H,15,16). The number of halogens is 1. The number of carbonyl (C=O) groups excluding carboxylic acids is 1. The van der Waals surface area contributed by atoms with Crippen LogP contribution in [0.1, 0.15) is 30.0 Å². The van der Waals surface area contributed by atoms with Crippen LogP contribution in [-0.2, 0) is 11.2 Å². The maximum absolute atomic E-state index is 11.7. The number of aryl methyl sites for hydroxylation is 1. The van der Waals surface area contributed by atoms with Gasteiger partial charge in [0.2, 0.25) is 5.91 Å². The molecule has 1 N–H and O–H groups in total. The molecular weight excluding hydrogens is 270 g/mol.